The minimum atomic E-state index is -3.77. The molecule has 4 N–H and O–H groups in total. The molecule has 0 unspecified atom stereocenters. The number of halogens is 1. The quantitative estimate of drug-likeness (QED) is 0.311. The molecule has 1 rings (SSSR count). The van der Waals surface area contributed by atoms with Gasteiger partial charge in [0.15, 0.2) is 5.84 Å². The topological polar surface area (TPSA) is 105 Å². The molecule has 0 fully saturated rings. The lowest BCUT2D eigenvalue weighted by molar-refractivity contribution is 0.307. The highest BCUT2D eigenvalue weighted by molar-refractivity contribution is 9.10. The Morgan fingerprint density at radius 2 is 2.05 bits per heavy atom. The van der Waals surface area contributed by atoms with Gasteiger partial charge in [-0.3, -0.25) is 0 Å². The van der Waals surface area contributed by atoms with Gasteiger partial charge >= 0.3 is 0 Å². The largest absolute Gasteiger partial charge is 0.409 e. The molecule has 0 aliphatic heterocycles. The van der Waals surface area contributed by atoms with Gasteiger partial charge < -0.3 is 10.9 Å². The van der Waals surface area contributed by atoms with E-state index in [1.54, 1.807) is 26.0 Å². The zero-order chi connectivity index (χ0) is 15.4. The van der Waals surface area contributed by atoms with Crippen molar-refractivity contribution in [3.63, 3.8) is 0 Å². The van der Waals surface area contributed by atoms with Crippen molar-refractivity contribution in [2.24, 2.45) is 10.9 Å². The SMILES string of the molecule is CCC(CC)(NS(=O)(=O)c1cccc(Br)c1)/C(N)=N/O. The van der Waals surface area contributed by atoms with Crippen LogP contribution in [0.15, 0.2) is 38.8 Å². The van der Waals surface area contributed by atoms with Gasteiger partial charge in [-0.15, -0.1) is 0 Å². The van der Waals surface area contributed by atoms with Crippen molar-refractivity contribution in [2.45, 2.75) is 37.1 Å². The number of nitrogens with two attached hydrogens (primary N) is 1. The van der Waals surface area contributed by atoms with E-state index in [9.17, 15) is 8.42 Å². The molecule has 1 aromatic rings. The summed E-state index contributed by atoms with van der Waals surface area (Å²) in [5.41, 5.74) is 4.55. The Labute approximate surface area is 127 Å². The molecule has 112 valence electrons. The summed E-state index contributed by atoms with van der Waals surface area (Å²) in [7, 11) is -3.77. The van der Waals surface area contributed by atoms with Gasteiger partial charge in [-0.1, -0.05) is 41.0 Å². The standard InChI is InChI=1S/C12H18BrN3O3S/c1-3-12(4-2,11(14)15-17)16-20(18,19)10-7-5-6-9(13)8-10/h5-8,16-17H,3-4H2,1-2H3,(H2,14,15). The molecule has 0 spiro atoms. The lowest BCUT2D eigenvalue weighted by Gasteiger charge is -2.30. The van der Waals surface area contributed by atoms with Crippen LogP contribution >= 0.6 is 15.9 Å². The predicted molar refractivity (Wildman–Crippen MR) is 81.2 cm³/mol. The first-order valence-corrected chi connectivity index (χ1v) is 8.36. The Morgan fingerprint density at radius 3 is 2.50 bits per heavy atom. The summed E-state index contributed by atoms with van der Waals surface area (Å²) in [5, 5.41) is 11.8. The van der Waals surface area contributed by atoms with Gasteiger partial charge in [0.05, 0.1) is 10.4 Å². The third-order valence-corrected chi connectivity index (χ3v) is 5.27. The molecule has 0 atom stereocenters. The summed E-state index contributed by atoms with van der Waals surface area (Å²) in [6.07, 6.45) is 0.735. The third-order valence-electron chi connectivity index (χ3n) is 3.24. The Bertz CT molecular complexity index is 598. The molecule has 0 amide bonds. The van der Waals surface area contributed by atoms with Crippen molar-refractivity contribution in [1.82, 2.24) is 4.72 Å². The van der Waals surface area contributed by atoms with Gasteiger partial charge in [-0.25, -0.2) is 8.42 Å². The normalized spacial score (nSPS) is 13.4. The highest BCUT2D eigenvalue weighted by atomic mass is 79.9. The Kier molecular flexibility index (Phi) is 5.55. The van der Waals surface area contributed by atoms with Crippen LogP contribution in [0.1, 0.15) is 26.7 Å². The molecule has 0 saturated heterocycles. The van der Waals surface area contributed by atoms with E-state index < -0.39 is 15.6 Å². The van der Waals surface area contributed by atoms with Gasteiger partial charge in [-0.05, 0) is 31.0 Å². The molecule has 0 aliphatic rings. The maximum Gasteiger partial charge on any atom is 0.241 e. The van der Waals surface area contributed by atoms with Gasteiger partial charge in [0, 0.05) is 4.47 Å². The molecule has 20 heavy (non-hydrogen) atoms. The van der Waals surface area contributed by atoms with Crippen LogP contribution in [0, 0.1) is 0 Å². The van der Waals surface area contributed by atoms with Gasteiger partial charge in [0.2, 0.25) is 10.0 Å². The zero-order valence-electron chi connectivity index (χ0n) is 11.3. The fourth-order valence-corrected chi connectivity index (χ4v) is 3.97. The third kappa shape index (κ3) is 3.50. The van der Waals surface area contributed by atoms with Gasteiger partial charge in [-0.2, -0.15) is 4.72 Å². The van der Waals surface area contributed by atoms with Crippen molar-refractivity contribution in [3.8, 4) is 0 Å². The number of sulfonamides is 1. The van der Waals surface area contributed by atoms with Crippen LogP contribution in [-0.2, 0) is 10.0 Å². The molecular weight excluding hydrogens is 346 g/mol. The monoisotopic (exact) mass is 363 g/mol. The number of oxime groups is 1. The second-order valence-corrected chi connectivity index (χ2v) is 6.94. The maximum absolute atomic E-state index is 12.4. The summed E-state index contributed by atoms with van der Waals surface area (Å²) < 4.78 is 28.0. The first-order chi connectivity index (χ1) is 9.31. The Balaban J connectivity index is 3.23. The Hall–Kier alpha value is -1.12. The summed E-state index contributed by atoms with van der Waals surface area (Å²) in [6.45, 7) is 3.54. The van der Waals surface area contributed by atoms with Crippen molar-refractivity contribution in [1.29, 1.82) is 0 Å². The van der Waals surface area contributed by atoms with Crippen LogP contribution in [0.25, 0.3) is 0 Å². The molecule has 0 saturated carbocycles. The zero-order valence-corrected chi connectivity index (χ0v) is 13.7. The van der Waals surface area contributed by atoms with E-state index in [1.807, 2.05) is 0 Å². The van der Waals surface area contributed by atoms with Crippen LogP contribution in [0.4, 0.5) is 0 Å². The van der Waals surface area contributed by atoms with E-state index in [4.69, 9.17) is 10.9 Å². The predicted octanol–water partition coefficient (Wildman–Crippen LogP) is 2.03. The Morgan fingerprint density at radius 1 is 1.45 bits per heavy atom. The highest BCUT2D eigenvalue weighted by Gasteiger charge is 2.36. The van der Waals surface area contributed by atoms with E-state index in [1.165, 1.54) is 12.1 Å². The number of nitrogens with zero attached hydrogens (tertiary/aromatic N) is 1. The van der Waals surface area contributed by atoms with E-state index in [0.29, 0.717) is 17.3 Å². The second kappa shape index (κ2) is 6.55. The maximum atomic E-state index is 12.4. The summed E-state index contributed by atoms with van der Waals surface area (Å²) in [5.74, 6) is -0.152. The first kappa shape index (κ1) is 16.9. The number of amidine groups is 1. The second-order valence-electron chi connectivity index (χ2n) is 4.34. The average Bonchev–Trinajstić information content (AvgIpc) is 2.44. The van der Waals surface area contributed by atoms with Crippen molar-refractivity contribution in [3.05, 3.63) is 28.7 Å². The molecular formula is C12H18BrN3O3S. The molecule has 0 aromatic heterocycles. The van der Waals surface area contributed by atoms with Crippen molar-refractivity contribution >= 4 is 31.8 Å². The molecule has 0 aliphatic carbocycles. The number of hydrogen-bond acceptors (Lipinski definition) is 4. The van der Waals surface area contributed by atoms with Crippen molar-refractivity contribution < 1.29 is 13.6 Å². The average molecular weight is 364 g/mol. The highest BCUT2D eigenvalue weighted by Crippen LogP contribution is 2.22. The fraction of sp³-hybridized carbons (Fsp3) is 0.417. The van der Waals surface area contributed by atoms with Crippen LogP contribution < -0.4 is 10.5 Å². The number of nitrogens with one attached hydrogen (secondary N) is 1. The van der Waals surface area contributed by atoms with E-state index in [0.717, 1.165) is 0 Å². The van der Waals surface area contributed by atoms with E-state index in [2.05, 4.69) is 25.8 Å². The van der Waals surface area contributed by atoms with Gasteiger partial charge in [0.1, 0.15) is 0 Å². The van der Waals surface area contributed by atoms with E-state index in [-0.39, 0.29) is 10.7 Å². The van der Waals surface area contributed by atoms with E-state index >= 15 is 0 Å². The lowest BCUT2D eigenvalue weighted by atomic mass is 9.93. The van der Waals surface area contributed by atoms with Crippen molar-refractivity contribution in [2.75, 3.05) is 0 Å². The van der Waals surface area contributed by atoms with Gasteiger partial charge in [0.25, 0.3) is 0 Å². The number of benzene rings is 1. The van der Waals surface area contributed by atoms with Crippen LogP contribution in [0.2, 0.25) is 0 Å². The minimum Gasteiger partial charge on any atom is -0.409 e. The fourth-order valence-electron chi connectivity index (χ4n) is 1.85. The number of hydrogen-bond donors (Lipinski definition) is 3. The molecule has 6 nitrogen and oxygen atoms in total. The van der Waals surface area contributed by atoms with Crippen LogP contribution in [0.5, 0.6) is 0 Å². The first-order valence-electron chi connectivity index (χ1n) is 6.09. The number of rotatable bonds is 6. The van der Waals surface area contributed by atoms with Crippen LogP contribution in [0.3, 0.4) is 0 Å². The minimum absolute atomic E-state index is 0.115. The smallest absolute Gasteiger partial charge is 0.241 e. The lowest BCUT2D eigenvalue weighted by Crippen LogP contribution is -2.56. The molecule has 0 bridgehead atoms. The molecule has 8 heteroatoms. The molecule has 0 radical (unpaired) electrons. The summed E-state index contributed by atoms with van der Waals surface area (Å²) in [4.78, 5) is 0.115. The summed E-state index contributed by atoms with van der Waals surface area (Å²) >= 11 is 3.23. The van der Waals surface area contributed by atoms with Crippen LogP contribution in [-0.4, -0.2) is 25.0 Å². The molecule has 0 heterocycles. The molecule has 1 aromatic carbocycles. The summed E-state index contributed by atoms with van der Waals surface area (Å²) in [6, 6.07) is 6.33.